The van der Waals surface area contributed by atoms with Gasteiger partial charge in [-0.3, -0.25) is 0 Å². The van der Waals surface area contributed by atoms with Crippen molar-refractivity contribution in [1.29, 1.82) is 0 Å². The van der Waals surface area contributed by atoms with Crippen LogP contribution in [0.4, 0.5) is 0 Å². The second-order valence-electron chi connectivity index (χ2n) is 9.25. The zero-order chi connectivity index (χ0) is 22.2. The van der Waals surface area contributed by atoms with Crippen molar-refractivity contribution in [1.82, 2.24) is 9.78 Å². The predicted octanol–water partition coefficient (Wildman–Crippen LogP) is 4.91. The first-order valence-corrected chi connectivity index (χ1v) is 10.9. The molecule has 6 nitrogen and oxygen atoms in total. The molecule has 0 saturated heterocycles. The summed E-state index contributed by atoms with van der Waals surface area (Å²) in [5.41, 5.74) is 4.40. The van der Waals surface area contributed by atoms with E-state index in [9.17, 15) is 4.79 Å². The molecule has 2 aromatic carbocycles. The third-order valence-corrected chi connectivity index (χ3v) is 6.88. The van der Waals surface area contributed by atoms with Crippen molar-refractivity contribution < 1.29 is 13.9 Å². The highest BCUT2D eigenvalue weighted by atomic mass is 16.5. The van der Waals surface area contributed by atoms with Gasteiger partial charge in [-0.1, -0.05) is 18.2 Å². The summed E-state index contributed by atoms with van der Waals surface area (Å²) in [4.78, 5) is 12.3. The molecule has 0 bridgehead atoms. The van der Waals surface area contributed by atoms with E-state index in [0.29, 0.717) is 12.2 Å². The average Bonchev–Trinajstić information content (AvgIpc) is 3.08. The number of para-hydroxylation sites is 1. The van der Waals surface area contributed by atoms with Crippen LogP contribution in [0.2, 0.25) is 0 Å². The molecule has 162 valence electrons. The van der Waals surface area contributed by atoms with E-state index in [1.807, 2.05) is 61.0 Å². The summed E-state index contributed by atoms with van der Waals surface area (Å²) in [6.45, 7) is 8.64. The maximum Gasteiger partial charge on any atom is 0.336 e. The molecule has 32 heavy (non-hydrogen) atoms. The van der Waals surface area contributed by atoms with E-state index >= 15 is 0 Å². The van der Waals surface area contributed by atoms with Gasteiger partial charge in [-0.2, -0.15) is 5.10 Å². The molecule has 0 N–H and O–H groups in total. The molecule has 0 amide bonds. The smallest absolute Gasteiger partial charge is 0.336 e. The van der Waals surface area contributed by atoms with Gasteiger partial charge in [-0.15, -0.1) is 0 Å². The Labute approximate surface area is 185 Å². The number of hydrogen-bond acceptors (Lipinski definition) is 5. The number of fused-ring (bicyclic) bond motifs is 7. The Balaban J connectivity index is 1.69. The van der Waals surface area contributed by atoms with Crippen LogP contribution in [0.5, 0.6) is 11.6 Å². The van der Waals surface area contributed by atoms with E-state index in [0.717, 1.165) is 45.1 Å². The Morgan fingerprint density at radius 3 is 2.62 bits per heavy atom. The second kappa shape index (κ2) is 6.48. The molecule has 6 heteroatoms. The molecule has 2 aromatic heterocycles. The minimum Gasteiger partial charge on any atom is -0.493 e. The number of rotatable bonds is 1. The van der Waals surface area contributed by atoms with Gasteiger partial charge >= 0.3 is 5.63 Å². The molecule has 0 aliphatic carbocycles. The van der Waals surface area contributed by atoms with Crippen LogP contribution in [-0.2, 0) is 0 Å². The Kier molecular flexibility index (Phi) is 3.88. The standard InChI is InChI=1S/C26H24N2O4/c1-14-12-20(29)31-24-17(14)10-11-19-23(24)22-18(13-30-19)26(3,4)32-25-21(22)15(2)27-28(25)16-8-6-5-7-9-16/h5-12,18,22H,13H2,1-4H3. The number of ether oxygens (including phenoxy) is 2. The lowest BCUT2D eigenvalue weighted by Gasteiger charge is -2.46. The number of hydrogen-bond donors (Lipinski definition) is 0. The molecule has 2 atom stereocenters. The second-order valence-corrected chi connectivity index (χ2v) is 9.25. The zero-order valence-corrected chi connectivity index (χ0v) is 18.5. The molecule has 0 spiro atoms. The molecule has 0 radical (unpaired) electrons. The molecule has 6 rings (SSSR count). The monoisotopic (exact) mass is 428 g/mol. The quantitative estimate of drug-likeness (QED) is 0.403. The molecule has 4 heterocycles. The fourth-order valence-corrected chi connectivity index (χ4v) is 5.27. The Morgan fingerprint density at radius 1 is 1.06 bits per heavy atom. The highest BCUT2D eigenvalue weighted by molar-refractivity contribution is 5.86. The van der Waals surface area contributed by atoms with Crippen molar-refractivity contribution in [2.45, 2.75) is 39.2 Å². The van der Waals surface area contributed by atoms with Crippen LogP contribution in [-0.4, -0.2) is 22.0 Å². The molecule has 0 saturated carbocycles. The van der Waals surface area contributed by atoms with Gasteiger partial charge in [0.1, 0.15) is 16.9 Å². The zero-order valence-electron chi connectivity index (χ0n) is 18.5. The van der Waals surface area contributed by atoms with Gasteiger partial charge in [-0.05, 0) is 57.5 Å². The van der Waals surface area contributed by atoms with Crippen LogP contribution in [0.1, 0.15) is 42.1 Å². The van der Waals surface area contributed by atoms with Crippen molar-refractivity contribution in [2.75, 3.05) is 6.61 Å². The normalized spacial score (nSPS) is 20.6. The van der Waals surface area contributed by atoms with Crippen LogP contribution < -0.4 is 15.1 Å². The summed E-state index contributed by atoms with van der Waals surface area (Å²) < 4.78 is 20.5. The first-order valence-electron chi connectivity index (χ1n) is 10.9. The van der Waals surface area contributed by atoms with Crippen molar-refractivity contribution in [3.8, 4) is 17.3 Å². The highest BCUT2D eigenvalue weighted by Crippen LogP contribution is 2.55. The minimum atomic E-state index is -0.513. The summed E-state index contributed by atoms with van der Waals surface area (Å²) in [7, 11) is 0. The average molecular weight is 428 g/mol. The van der Waals surface area contributed by atoms with Crippen LogP contribution >= 0.6 is 0 Å². The van der Waals surface area contributed by atoms with Gasteiger partial charge in [-0.25, -0.2) is 9.48 Å². The van der Waals surface area contributed by atoms with E-state index in [4.69, 9.17) is 19.0 Å². The number of benzene rings is 2. The summed E-state index contributed by atoms with van der Waals surface area (Å²) in [6, 6.07) is 15.5. The SMILES string of the molecule is Cc1nn(-c2ccccc2)c2c1C1c3c(ccc4c(C)cc(=O)oc34)OCC1C(C)(C)O2. The van der Waals surface area contributed by atoms with E-state index in [-0.39, 0.29) is 17.5 Å². The van der Waals surface area contributed by atoms with Gasteiger partial charge < -0.3 is 13.9 Å². The van der Waals surface area contributed by atoms with E-state index < -0.39 is 5.60 Å². The summed E-state index contributed by atoms with van der Waals surface area (Å²) >= 11 is 0. The third-order valence-electron chi connectivity index (χ3n) is 6.88. The van der Waals surface area contributed by atoms with Crippen molar-refractivity contribution in [3.63, 3.8) is 0 Å². The number of nitrogens with zero attached hydrogens (tertiary/aromatic N) is 2. The Morgan fingerprint density at radius 2 is 1.84 bits per heavy atom. The lowest BCUT2D eigenvalue weighted by molar-refractivity contribution is -0.0184. The van der Waals surface area contributed by atoms with Crippen molar-refractivity contribution in [2.24, 2.45) is 5.92 Å². The van der Waals surface area contributed by atoms with Crippen molar-refractivity contribution >= 4 is 11.0 Å². The predicted molar refractivity (Wildman–Crippen MR) is 121 cm³/mol. The van der Waals surface area contributed by atoms with E-state index in [1.54, 1.807) is 0 Å². The number of aryl methyl sites for hydroxylation is 2. The molecular formula is C26H24N2O4. The van der Waals surface area contributed by atoms with Gasteiger partial charge in [0.05, 0.1) is 18.0 Å². The first-order chi connectivity index (χ1) is 15.3. The lowest BCUT2D eigenvalue weighted by atomic mass is 9.70. The topological polar surface area (TPSA) is 66.5 Å². The maximum absolute atomic E-state index is 12.3. The van der Waals surface area contributed by atoms with Gasteiger partial charge in [0.2, 0.25) is 5.88 Å². The largest absolute Gasteiger partial charge is 0.493 e. The molecule has 0 fully saturated rings. The van der Waals surface area contributed by atoms with Gasteiger partial charge in [0, 0.05) is 34.4 Å². The molecular weight excluding hydrogens is 404 g/mol. The summed E-state index contributed by atoms with van der Waals surface area (Å²) in [5.74, 6) is 1.46. The van der Waals surface area contributed by atoms with Crippen LogP contribution in [0, 0.1) is 19.8 Å². The molecule has 4 aromatic rings. The lowest BCUT2D eigenvalue weighted by Crippen LogP contribution is -2.49. The van der Waals surface area contributed by atoms with E-state index in [1.165, 1.54) is 6.07 Å². The molecule has 2 unspecified atom stereocenters. The minimum absolute atomic E-state index is 0.0334. The summed E-state index contributed by atoms with van der Waals surface area (Å²) in [6.07, 6.45) is 0. The number of aromatic nitrogens is 2. The third kappa shape index (κ3) is 2.58. The fourth-order valence-electron chi connectivity index (χ4n) is 5.27. The Bertz CT molecular complexity index is 1430. The van der Waals surface area contributed by atoms with Crippen LogP contribution in [0.25, 0.3) is 16.7 Å². The fraction of sp³-hybridized carbons (Fsp3) is 0.308. The first kappa shape index (κ1) is 19.2. The maximum atomic E-state index is 12.3. The van der Waals surface area contributed by atoms with Gasteiger partial charge in [0.25, 0.3) is 0 Å². The highest BCUT2D eigenvalue weighted by Gasteiger charge is 2.51. The molecule has 2 aliphatic rings. The van der Waals surface area contributed by atoms with Crippen LogP contribution in [0.3, 0.4) is 0 Å². The Hall–Kier alpha value is -3.54. The summed E-state index contributed by atoms with van der Waals surface area (Å²) in [5, 5.41) is 5.79. The van der Waals surface area contributed by atoms with E-state index in [2.05, 4.69) is 13.8 Å². The van der Waals surface area contributed by atoms with Gasteiger partial charge in [0.15, 0.2) is 0 Å². The molecule has 2 aliphatic heterocycles. The van der Waals surface area contributed by atoms with Crippen LogP contribution in [0.15, 0.2) is 57.7 Å². The van der Waals surface area contributed by atoms with Crippen molar-refractivity contribution in [3.05, 3.63) is 81.3 Å².